The number of aryl methyl sites for hydroxylation is 1. The molecule has 0 spiro atoms. The van der Waals surface area contributed by atoms with Crippen LogP contribution in [0.3, 0.4) is 0 Å². The number of rotatable bonds is 3. The van der Waals surface area contributed by atoms with Crippen LogP contribution in [-0.4, -0.2) is 4.92 Å². The Kier molecular flexibility index (Phi) is 3.00. The molecule has 0 radical (unpaired) electrons. The van der Waals surface area contributed by atoms with E-state index in [1.165, 1.54) is 12.1 Å². The van der Waals surface area contributed by atoms with Crippen LogP contribution >= 0.6 is 0 Å². The third-order valence-electron chi connectivity index (χ3n) is 2.23. The van der Waals surface area contributed by atoms with E-state index in [1.54, 1.807) is 12.1 Å². The number of non-ortho nitro benzene ring substituents is 1. The maximum atomic E-state index is 10.5. The minimum absolute atomic E-state index is 0.0526. The predicted molar refractivity (Wildman–Crippen MR) is 60.8 cm³/mol. The molecule has 86 valence electrons. The Bertz CT molecular complexity index is 520. The van der Waals surface area contributed by atoms with Gasteiger partial charge in [-0.2, -0.15) is 0 Å². The van der Waals surface area contributed by atoms with Gasteiger partial charge < -0.3 is 4.74 Å². The van der Waals surface area contributed by atoms with E-state index >= 15 is 0 Å². The van der Waals surface area contributed by atoms with Crippen molar-refractivity contribution in [2.24, 2.45) is 7.05 Å². The van der Waals surface area contributed by atoms with Crippen molar-refractivity contribution in [2.75, 3.05) is 0 Å². The molecule has 0 unspecified atom stereocenters. The number of hydrogen-bond acceptors (Lipinski definition) is 3. The molecule has 0 atom stereocenters. The summed E-state index contributed by atoms with van der Waals surface area (Å²) in [5.74, 6) is 1.27. The summed E-state index contributed by atoms with van der Waals surface area (Å²) in [6.45, 7) is 0. The van der Waals surface area contributed by atoms with Crippen LogP contribution in [0.2, 0.25) is 0 Å². The third kappa shape index (κ3) is 2.78. The number of benzene rings is 1. The van der Waals surface area contributed by atoms with E-state index in [9.17, 15) is 10.1 Å². The fourth-order valence-electron chi connectivity index (χ4n) is 1.33. The van der Waals surface area contributed by atoms with Gasteiger partial charge >= 0.3 is 0 Å². The average molecular weight is 231 g/mol. The van der Waals surface area contributed by atoms with Gasteiger partial charge in [0.05, 0.1) is 4.92 Å². The molecule has 5 heteroatoms. The van der Waals surface area contributed by atoms with Crippen molar-refractivity contribution < 1.29 is 14.2 Å². The van der Waals surface area contributed by atoms with Crippen molar-refractivity contribution in [1.82, 2.24) is 0 Å². The van der Waals surface area contributed by atoms with Crippen molar-refractivity contribution in [2.45, 2.75) is 0 Å². The molecular weight excluding hydrogens is 220 g/mol. The summed E-state index contributed by atoms with van der Waals surface area (Å²) in [5.41, 5.74) is 0.0526. The number of nitro groups is 1. The van der Waals surface area contributed by atoms with Crippen LogP contribution in [0.5, 0.6) is 11.5 Å². The van der Waals surface area contributed by atoms with Gasteiger partial charge in [0, 0.05) is 24.3 Å². The topological polar surface area (TPSA) is 56.2 Å². The molecule has 17 heavy (non-hydrogen) atoms. The highest BCUT2D eigenvalue weighted by Crippen LogP contribution is 2.22. The van der Waals surface area contributed by atoms with Crippen molar-refractivity contribution in [3.05, 3.63) is 58.9 Å². The first kappa shape index (κ1) is 11.1. The maximum absolute atomic E-state index is 10.5. The third-order valence-corrected chi connectivity index (χ3v) is 2.23. The van der Waals surface area contributed by atoms with Gasteiger partial charge in [-0.15, -0.1) is 0 Å². The fraction of sp³-hybridized carbons (Fsp3) is 0.0833. The van der Waals surface area contributed by atoms with Crippen molar-refractivity contribution in [1.29, 1.82) is 0 Å². The lowest BCUT2D eigenvalue weighted by Crippen LogP contribution is -2.25. The lowest BCUT2D eigenvalue weighted by Gasteiger charge is -2.03. The molecule has 0 aliphatic heterocycles. The Hall–Kier alpha value is -2.43. The van der Waals surface area contributed by atoms with Crippen molar-refractivity contribution >= 4 is 5.69 Å². The molecule has 0 aliphatic carbocycles. The molecular formula is C12H11N2O3+. The molecule has 5 nitrogen and oxygen atoms in total. The summed E-state index contributed by atoms with van der Waals surface area (Å²) in [7, 11) is 1.91. The highest BCUT2D eigenvalue weighted by molar-refractivity contribution is 5.38. The van der Waals surface area contributed by atoms with Crippen LogP contribution in [-0.2, 0) is 7.05 Å². The van der Waals surface area contributed by atoms with Crippen LogP contribution in [0.4, 0.5) is 5.69 Å². The summed E-state index contributed by atoms with van der Waals surface area (Å²) in [4.78, 5) is 10.0. The minimum Gasteiger partial charge on any atom is -0.457 e. The molecule has 1 aromatic heterocycles. The van der Waals surface area contributed by atoms with E-state index in [2.05, 4.69) is 0 Å². The first-order valence-corrected chi connectivity index (χ1v) is 5.03. The zero-order valence-electron chi connectivity index (χ0n) is 9.24. The standard InChI is InChI=1S/C12H11N2O3/c1-13-8-6-12(7-9-13)17-11-4-2-10(3-5-11)14(15)16/h2-9H,1H3/q+1. The number of ether oxygens (including phenoxy) is 1. The second kappa shape index (κ2) is 4.61. The molecule has 0 fully saturated rings. The summed E-state index contributed by atoms with van der Waals surface area (Å²) < 4.78 is 7.42. The second-order valence-corrected chi connectivity index (χ2v) is 3.55. The summed E-state index contributed by atoms with van der Waals surface area (Å²) in [5, 5.41) is 10.5. The molecule has 1 heterocycles. The van der Waals surface area contributed by atoms with Crippen LogP contribution in [0.15, 0.2) is 48.8 Å². The highest BCUT2D eigenvalue weighted by atomic mass is 16.6. The Balaban J connectivity index is 2.13. The number of nitro benzene ring substituents is 1. The van der Waals surface area contributed by atoms with Crippen LogP contribution in [0.1, 0.15) is 0 Å². The smallest absolute Gasteiger partial charge is 0.269 e. The normalized spacial score (nSPS) is 9.94. The van der Waals surface area contributed by atoms with E-state index < -0.39 is 4.92 Å². The Morgan fingerprint density at radius 2 is 1.59 bits per heavy atom. The minimum atomic E-state index is -0.438. The molecule has 0 saturated carbocycles. The SMILES string of the molecule is C[n+]1ccc(Oc2ccc([N+](=O)[O-])cc2)cc1. The number of hydrogen-bond donors (Lipinski definition) is 0. The van der Waals surface area contributed by atoms with Gasteiger partial charge in [-0.3, -0.25) is 10.1 Å². The van der Waals surface area contributed by atoms with Gasteiger partial charge in [-0.1, -0.05) is 0 Å². The highest BCUT2D eigenvalue weighted by Gasteiger charge is 2.05. The monoisotopic (exact) mass is 231 g/mol. The summed E-state index contributed by atoms with van der Waals surface area (Å²) >= 11 is 0. The molecule has 0 bridgehead atoms. The van der Waals surface area contributed by atoms with E-state index in [0.717, 1.165) is 0 Å². The number of nitrogens with zero attached hydrogens (tertiary/aromatic N) is 2. The van der Waals surface area contributed by atoms with E-state index in [4.69, 9.17) is 4.74 Å². The first-order chi connectivity index (χ1) is 8.15. The van der Waals surface area contributed by atoms with Gasteiger partial charge in [-0.05, 0) is 12.1 Å². The summed E-state index contributed by atoms with van der Waals surface area (Å²) in [6.07, 6.45) is 3.72. The molecule has 0 aliphatic rings. The van der Waals surface area contributed by atoms with Gasteiger partial charge in [0.1, 0.15) is 18.5 Å². The number of aromatic nitrogens is 1. The molecule has 2 rings (SSSR count). The van der Waals surface area contributed by atoms with E-state index in [-0.39, 0.29) is 5.69 Å². The van der Waals surface area contributed by atoms with Crippen molar-refractivity contribution in [3.63, 3.8) is 0 Å². The first-order valence-electron chi connectivity index (χ1n) is 5.03. The van der Waals surface area contributed by atoms with Crippen LogP contribution in [0.25, 0.3) is 0 Å². The van der Waals surface area contributed by atoms with E-state index in [1.807, 2.05) is 36.1 Å². The predicted octanol–water partition coefficient (Wildman–Crippen LogP) is 2.21. The van der Waals surface area contributed by atoms with Gasteiger partial charge in [-0.25, -0.2) is 4.57 Å². The Morgan fingerprint density at radius 3 is 2.12 bits per heavy atom. The maximum Gasteiger partial charge on any atom is 0.269 e. The Morgan fingerprint density at radius 1 is 1.06 bits per heavy atom. The Labute approximate surface area is 98.0 Å². The van der Waals surface area contributed by atoms with Crippen LogP contribution in [0, 0.1) is 10.1 Å². The molecule has 0 N–H and O–H groups in total. The van der Waals surface area contributed by atoms with Gasteiger partial charge in [0.15, 0.2) is 12.4 Å². The lowest BCUT2D eigenvalue weighted by molar-refractivity contribution is -0.671. The zero-order chi connectivity index (χ0) is 12.3. The van der Waals surface area contributed by atoms with Gasteiger partial charge in [0.25, 0.3) is 5.69 Å². The fourth-order valence-corrected chi connectivity index (χ4v) is 1.33. The average Bonchev–Trinajstić information content (AvgIpc) is 2.33. The van der Waals surface area contributed by atoms with E-state index in [0.29, 0.717) is 11.5 Å². The summed E-state index contributed by atoms with van der Waals surface area (Å²) in [6, 6.07) is 9.62. The quantitative estimate of drug-likeness (QED) is 0.462. The number of pyridine rings is 1. The molecule has 1 aromatic carbocycles. The second-order valence-electron chi connectivity index (χ2n) is 3.55. The molecule has 2 aromatic rings. The molecule has 0 saturated heterocycles. The lowest BCUT2D eigenvalue weighted by atomic mass is 10.3. The van der Waals surface area contributed by atoms with Crippen LogP contribution < -0.4 is 9.30 Å². The van der Waals surface area contributed by atoms with Crippen molar-refractivity contribution in [3.8, 4) is 11.5 Å². The zero-order valence-corrected chi connectivity index (χ0v) is 9.24. The largest absolute Gasteiger partial charge is 0.457 e. The molecule has 0 amide bonds. The van der Waals surface area contributed by atoms with Gasteiger partial charge in [0.2, 0.25) is 0 Å².